The van der Waals surface area contributed by atoms with E-state index in [4.69, 9.17) is 0 Å². The van der Waals surface area contributed by atoms with E-state index in [0.29, 0.717) is 0 Å². The molecule has 3 aliphatic rings. The second-order valence-electron chi connectivity index (χ2n) is 4.44. The van der Waals surface area contributed by atoms with E-state index >= 15 is 0 Å². The van der Waals surface area contributed by atoms with Crippen LogP contribution in [0.1, 0.15) is 20.3 Å². The van der Waals surface area contributed by atoms with Crippen molar-refractivity contribution < 1.29 is 0 Å². The maximum absolute atomic E-state index is 2.44. The summed E-state index contributed by atoms with van der Waals surface area (Å²) in [4.78, 5) is 0. The Bertz CT molecular complexity index is 143. The van der Waals surface area contributed by atoms with E-state index in [-0.39, 0.29) is 0 Å². The van der Waals surface area contributed by atoms with E-state index in [2.05, 4.69) is 13.8 Å². The molecule has 0 aliphatic heterocycles. The third-order valence-corrected chi connectivity index (χ3v) is 4.26. The van der Waals surface area contributed by atoms with Gasteiger partial charge in [-0.2, -0.15) is 0 Å². The molecule has 0 radical (unpaired) electrons. The van der Waals surface area contributed by atoms with Crippen molar-refractivity contribution in [3.8, 4) is 0 Å². The summed E-state index contributed by atoms with van der Waals surface area (Å²) in [6, 6.07) is 0. The maximum Gasteiger partial charge on any atom is -0.0321 e. The lowest BCUT2D eigenvalue weighted by Crippen LogP contribution is -1.82. The molecule has 6 atom stereocenters. The van der Waals surface area contributed by atoms with Gasteiger partial charge in [-0.05, 0) is 41.9 Å². The van der Waals surface area contributed by atoms with E-state index in [1.165, 1.54) is 23.7 Å². The summed E-state index contributed by atoms with van der Waals surface area (Å²) in [5, 5.41) is 0. The normalized spacial score (nSPS) is 75.3. The van der Waals surface area contributed by atoms with Crippen LogP contribution in [-0.2, 0) is 0 Å². The molecule has 0 aromatic carbocycles. The lowest BCUT2D eigenvalue weighted by Gasteiger charge is -1.90. The lowest BCUT2D eigenvalue weighted by molar-refractivity contribution is 0.596. The SMILES string of the molecule is CC1C2CC3C(C)C3C12. The molecular formula is C9H14. The molecule has 50 valence electrons. The van der Waals surface area contributed by atoms with Crippen molar-refractivity contribution in [2.24, 2.45) is 35.5 Å². The standard InChI is InChI=1S/C9H14/c1-4-6-3-7-5(2)9(7)8(4)6/h4-9H,3H2,1-2H3. The molecule has 3 fully saturated rings. The lowest BCUT2D eigenvalue weighted by atomic mass is 10.2. The van der Waals surface area contributed by atoms with Crippen LogP contribution in [-0.4, -0.2) is 0 Å². The first-order chi connectivity index (χ1) is 4.30. The van der Waals surface area contributed by atoms with Crippen molar-refractivity contribution in [2.45, 2.75) is 20.3 Å². The molecule has 0 aromatic heterocycles. The highest BCUT2D eigenvalue weighted by Gasteiger charge is 2.69. The molecule has 0 saturated heterocycles. The van der Waals surface area contributed by atoms with Crippen LogP contribution in [0.3, 0.4) is 0 Å². The highest BCUT2D eigenvalue weighted by atomic mass is 14.7. The molecule has 0 N–H and O–H groups in total. The molecule has 0 bridgehead atoms. The van der Waals surface area contributed by atoms with E-state index in [1.807, 2.05) is 0 Å². The van der Waals surface area contributed by atoms with Crippen LogP contribution in [0.15, 0.2) is 0 Å². The van der Waals surface area contributed by atoms with Gasteiger partial charge in [0, 0.05) is 0 Å². The second-order valence-corrected chi connectivity index (χ2v) is 4.44. The van der Waals surface area contributed by atoms with Crippen molar-refractivity contribution in [2.75, 3.05) is 0 Å². The van der Waals surface area contributed by atoms with Crippen LogP contribution in [0.4, 0.5) is 0 Å². The quantitative estimate of drug-likeness (QED) is 0.462. The third kappa shape index (κ3) is 0.367. The van der Waals surface area contributed by atoms with Gasteiger partial charge in [-0.1, -0.05) is 13.8 Å². The van der Waals surface area contributed by atoms with Crippen LogP contribution in [0, 0.1) is 35.5 Å². The summed E-state index contributed by atoms with van der Waals surface area (Å²) in [5.41, 5.74) is 0. The Balaban J connectivity index is 1.87. The zero-order valence-electron chi connectivity index (χ0n) is 6.17. The molecule has 3 saturated carbocycles. The smallest absolute Gasteiger partial charge is 0.0321 e. The Hall–Kier alpha value is 0. The topological polar surface area (TPSA) is 0 Å². The predicted molar refractivity (Wildman–Crippen MR) is 36.9 cm³/mol. The molecule has 6 unspecified atom stereocenters. The van der Waals surface area contributed by atoms with Gasteiger partial charge in [0.2, 0.25) is 0 Å². The monoisotopic (exact) mass is 122 g/mol. The summed E-state index contributed by atoms with van der Waals surface area (Å²) in [6.45, 7) is 4.88. The number of rotatable bonds is 0. The molecule has 3 rings (SSSR count). The molecular weight excluding hydrogens is 108 g/mol. The first kappa shape index (κ1) is 4.76. The zero-order valence-corrected chi connectivity index (χ0v) is 6.17. The van der Waals surface area contributed by atoms with Crippen LogP contribution in [0.2, 0.25) is 0 Å². The highest BCUT2D eigenvalue weighted by molar-refractivity contribution is 5.17. The summed E-state index contributed by atoms with van der Waals surface area (Å²) >= 11 is 0. The minimum absolute atomic E-state index is 1.12. The van der Waals surface area contributed by atoms with E-state index in [9.17, 15) is 0 Å². The summed E-state index contributed by atoms with van der Waals surface area (Å²) in [5.74, 6) is 7.02. The van der Waals surface area contributed by atoms with Crippen molar-refractivity contribution in [1.29, 1.82) is 0 Å². The van der Waals surface area contributed by atoms with Crippen LogP contribution >= 0.6 is 0 Å². The largest absolute Gasteiger partial charge is 0.0619 e. The fourth-order valence-corrected chi connectivity index (χ4v) is 3.49. The Labute approximate surface area is 56.6 Å². The van der Waals surface area contributed by atoms with Crippen molar-refractivity contribution in [3.05, 3.63) is 0 Å². The summed E-state index contributed by atoms with van der Waals surface area (Å²) < 4.78 is 0. The van der Waals surface area contributed by atoms with Gasteiger partial charge >= 0.3 is 0 Å². The summed E-state index contributed by atoms with van der Waals surface area (Å²) in [6.07, 6.45) is 1.59. The first-order valence-corrected chi connectivity index (χ1v) is 4.30. The molecule has 9 heavy (non-hydrogen) atoms. The van der Waals surface area contributed by atoms with Gasteiger partial charge in [0.1, 0.15) is 0 Å². The average Bonchev–Trinajstić information content (AvgIpc) is 2.63. The van der Waals surface area contributed by atoms with E-state index < -0.39 is 0 Å². The second kappa shape index (κ2) is 1.09. The van der Waals surface area contributed by atoms with Crippen LogP contribution in [0.5, 0.6) is 0 Å². The zero-order chi connectivity index (χ0) is 6.17. The fraction of sp³-hybridized carbons (Fsp3) is 1.00. The molecule has 0 amide bonds. The number of fused-ring (bicyclic) bond motifs is 3. The first-order valence-electron chi connectivity index (χ1n) is 4.30. The Morgan fingerprint density at radius 3 is 1.67 bits per heavy atom. The molecule has 3 aliphatic carbocycles. The minimum atomic E-state index is 1.12. The molecule has 0 aromatic rings. The minimum Gasteiger partial charge on any atom is -0.0619 e. The van der Waals surface area contributed by atoms with Crippen molar-refractivity contribution in [1.82, 2.24) is 0 Å². The Kier molecular flexibility index (Phi) is 0.574. The van der Waals surface area contributed by atoms with Crippen LogP contribution < -0.4 is 0 Å². The van der Waals surface area contributed by atoms with Gasteiger partial charge in [0.25, 0.3) is 0 Å². The average molecular weight is 122 g/mol. The fourth-order valence-electron chi connectivity index (χ4n) is 3.49. The van der Waals surface area contributed by atoms with E-state index in [1.54, 1.807) is 6.42 Å². The summed E-state index contributed by atoms with van der Waals surface area (Å²) in [7, 11) is 0. The molecule has 0 heteroatoms. The van der Waals surface area contributed by atoms with Gasteiger partial charge in [0.15, 0.2) is 0 Å². The van der Waals surface area contributed by atoms with Crippen LogP contribution in [0.25, 0.3) is 0 Å². The van der Waals surface area contributed by atoms with Gasteiger partial charge < -0.3 is 0 Å². The Morgan fingerprint density at radius 2 is 1.33 bits per heavy atom. The number of hydrogen-bond acceptors (Lipinski definition) is 0. The Morgan fingerprint density at radius 1 is 0.889 bits per heavy atom. The molecule has 0 heterocycles. The van der Waals surface area contributed by atoms with Gasteiger partial charge in [0.05, 0.1) is 0 Å². The number of hydrogen-bond donors (Lipinski definition) is 0. The van der Waals surface area contributed by atoms with Crippen molar-refractivity contribution in [3.63, 3.8) is 0 Å². The highest BCUT2D eigenvalue weighted by Crippen LogP contribution is 2.74. The van der Waals surface area contributed by atoms with Gasteiger partial charge in [-0.25, -0.2) is 0 Å². The third-order valence-electron chi connectivity index (χ3n) is 4.26. The van der Waals surface area contributed by atoms with Gasteiger partial charge in [-0.15, -0.1) is 0 Å². The molecule has 0 spiro atoms. The predicted octanol–water partition coefficient (Wildman–Crippen LogP) is 2.15. The van der Waals surface area contributed by atoms with Gasteiger partial charge in [-0.3, -0.25) is 0 Å². The molecule has 0 nitrogen and oxygen atoms in total. The van der Waals surface area contributed by atoms with E-state index in [0.717, 1.165) is 11.8 Å². The maximum atomic E-state index is 2.44. The van der Waals surface area contributed by atoms with Crippen molar-refractivity contribution >= 4 is 0 Å².